The molecule has 23 heavy (non-hydrogen) atoms. The number of aliphatic carboxylic acids is 1. The van der Waals surface area contributed by atoms with Gasteiger partial charge in [0.1, 0.15) is 5.75 Å². The summed E-state index contributed by atoms with van der Waals surface area (Å²) in [5, 5.41) is 11.0. The van der Waals surface area contributed by atoms with E-state index in [1.165, 1.54) is 12.1 Å². The van der Waals surface area contributed by atoms with Crippen molar-refractivity contribution >= 4 is 11.9 Å². The summed E-state index contributed by atoms with van der Waals surface area (Å²) >= 11 is 0. The Kier molecular flexibility index (Phi) is 7.37. The maximum atomic E-state index is 12.5. The van der Waals surface area contributed by atoms with E-state index in [1.807, 2.05) is 0 Å². The summed E-state index contributed by atoms with van der Waals surface area (Å²) in [5.74, 6) is -1.33. The zero-order valence-electron chi connectivity index (χ0n) is 12.4. The van der Waals surface area contributed by atoms with E-state index in [2.05, 4.69) is 5.32 Å². The summed E-state index contributed by atoms with van der Waals surface area (Å²) in [6.45, 7) is -0.0131. The minimum Gasteiger partial charge on any atom is -0.484 e. The zero-order valence-corrected chi connectivity index (χ0v) is 12.4. The van der Waals surface area contributed by atoms with Gasteiger partial charge >= 0.3 is 12.1 Å². The fourth-order valence-corrected chi connectivity index (χ4v) is 1.77. The molecule has 1 rings (SSSR count). The van der Waals surface area contributed by atoms with Gasteiger partial charge < -0.3 is 15.2 Å². The van der Waals surface area contributed by atoms with Crippen molar-refractivity contribution in [2.75, 3.05) is 13.2 Å². The van der Waals surface area contributed by atoms with Crippen LogP contribution in [0.2, 0.25) is 0 Å². The Morgan fingerprint density at radius 1 is 1.17 bits per heavy atom. The number of hydrogen-bond donors (Lipinski definition) is 2. The molecule has 1 aromatic rings. The highest BCUT2D eigenvalue weighted by molar-refractivity contribution is 5.77. The van der Waals surface area contributed by atoms with Crippen LogP contribution in [0.3, 0.4) is 0 Å². The lowest BCUT2D eigenvalue weighted by Gasteiger charge is -2.10. The summed E-state index contributed by atoms with van der Waals surface area (Å²) in [6.07, 6.45) is -2.54. The first-order valence-electron chi connectivity index (χ1n) is 7.07. The van der Waals surface area contributed by atoms with Crippen LogP contribution in [0.4, 0.5) is 13.2 Å². The third-order valence-electron chi connectivity index (χ3n) is 2.92. The standard InChI is InChI=1S/C15H18F3NO4/c16-15(17,18)11-5-4-6-12(9-11)23-10-13(20)19-8-3-1-2-7-14(21)22/h4-6,9H,1-3,7-8,10H2,(H,19,20)(H,21,22). The van der Waals surface area contributed by atoms with E-state index in [0.29, 0.717) is 25.8 Å². The topological polar surface area (TPSA) is 75.6 Å². The predicted molar refractivity (Wildman–Crippen MR) is 76.1 cm³/mol. The van der Waals surface area contributed by atoms with Gasteiger partial charge in [-0.1, -0.05) is 12.5 Å². The molecule has 2 N–H and O–H groups in total. The van der Waals surface area contributed by atoms with Crippen LogP contribution >= 0.6 is 0 Å². The summed E-state index contributed by atoms with van der Waals surface area (Å²) in [6, 6.07) is 4.30. The summed E-state index contributed by atoms with van der Waals surface area (Å²) in [5.41, 5.74) is -0.839. The van der Waals surface area contributed by atoms with E-state index in [4.69, 9.17) is 9.84 Å². The Labute approximate surface area is 131 Å². The van der Waals surface area contributed by atoms with Gasteiger partial charge in [0, 0.05) is 13.0 Å². The Morgan fingerprint density at radius 2 is 1.91 bits per heavy atom. The normalized spacial score (nSPS) is 11.1. The van der Waals surface area contributed by atoms with Crippen molar-refractivity contribution in [2.24, 2.45) is 0 Å². The number of carboxylic acid groups (broad SMARTS) is 1. The van der Waals surface area contributed by atoms with Gasteiger partial charge in [-0.2, -0.15) is 13.2 Å². The lowest BCUT2D eigenvalue weighted by atomic mass is 10.2. The van der Waals surface area contributed by atoms with Crippen LogP contribution in [0.5, 0.6) is 5.75 Å². The van der Waals surface area contributed by atoms with Gasteiger partial charge in [0.25, 0.3) is 5.91 Å². The number of halogens is 3. The van der Waals surface area contributed by atoms with Crippen LogP contribution in [0, 0.1) is 0 Å². The van der Waals surface area contributed by atoms with Crippen molar-refractivity contribution in [3.8, 4) is 5.75 Å². The Morgan fingerprint density at radius 3 is 2.57 bits per heavy atom. The molecule has 0 bridgehead atoms. The SMILES string of the molecule is O=C(O)CCCCCNC(=O)COc1cccc(C(F)(F)F)c1. The van der Waals surface area contributed by atoms with Crippen LogP contribution in [-0.2, 0) is 15.8 Å². The number of carbonyl (C=O) groups excluding carboxylic acids is 1. The second-order valence-electron chi connectivity index (χ2n) is 4.87. The number of nitrogens with one attached hydrogen (secondary N) is 1. The van der Waals surface area contributed by atoms with Gasteiger partial charge in [-0.25, -0.2) is 0 Å². The third-order valence-corrected chi connectivity index (χ3v) is 2.92. The number of benzene rings is 1. The monoisotopic (exact) mass is 333 g/mol. The van der Waals surface area contributed by atoms with E-state index in [0.717, 1.165) is 12.1 Å². The molecule has 0 saturated carbocycles. The molecule has 0 aromatic heterocycles. The molecular weight excluding hydrogens is 315 g/mol. The number of alkyl halides is 3. The maximum absolute atomic E-state index is 12.5. The number of unbranched alkanes of at least 4 members (excludes halogenated alkanes) is 2. The third kappa shape index (κ3) is 8.08. The van der Waals surface area contributed by atoms with Crippen LogP contribution in [0.15, 0.2) is 24.3 Å². The number of carbonyl (C=O) groups is 2. The maximum Gasteiger partial charge on any atom is 0.416 e. The van der Waals surface area contributed by atoms with Crippen molar-refractivity contribution in [3.05, 3.63) is 29.8 Å². The molecule has 5 nitrogen and oxygen atoms in total. The van der Waals surface area contributed by atoms with Gasteiger partial charge in [0.2, 0.25) is 0 Å². The largest absolute Gasteiger partial charge is 0.484 e. The lowest BCUT2D eigenvalue weighted by molar-refractivity contribution is -0.138. The predicted octanol–water partition coefficient (Wildman–Crippen LogP) is 2.85. The molecular formula is C15H18F3NO4. The molecule has 1 amide bonds. The molecule has 0 aliphatic rings. The van der Waals surface area contributed by atoms with Gasteiger partial charge in [-0.3, -0.25) is 9.59 Å². The van der Waals surface area contributed by atoms with Crippen LogP contribution < -0.4 is 10.1 Å². The molecule has 0 atom stereocenters. The second-order valence-corrected chi connectivity index (χ2v) is 4.87. The second kappa shape index (κ2) is 9.02. The van der Waals surface area contributed by atoms with Crippen molar-refractivity contribution in [2.45, 2.75) is 31.9 Å². The molecule has 0 spiro atoms. The molecule has 128 valence electrons. The van der Waals surface area contributed by atoms with E-state index in [-0.39, 0.29) is 18.8 Å². The highest BCUT2D eigenvalue weighted by Gasteiger charge is 2.30. The average molecular weight is 333 g/mol. The molecule has 0 aliphatic carbocycles. The number of carboxylic acids is 1. The van der Waals surface area contributed by atoms with Crippen LogP contribution in [0.25, 0.3) is 0 Å². The van der Waals surface area contributed by atoms with Crippen molar-refractivity contribution in [1.29, 1.82) is 0 Å². The smallest absolute Gasteiger partial charge is 0.416 e. The van der Waals surface area contributed by atoms with E-state index in [1.54, 1.807) is 0 Å². The lowest BCUT2D eigenvalue weighted by Crippen LogP contribution is -2.29. The van der Waals surface area contributed by atoms with Gasteiger partial charge in [-0.05, 0) is 31.0 Å². The van der Waals surface area contributed by atoms with E-state index < -0.39 is 23.6 Å². The van der Waals surface area contributed by atoms with E-state index >= 15 is 0 Å². The zero-order chi connectivity index (χ0) is 17.3. The highest BCUT2D eigenvalue weighted by atomic mass is 19.4. The molecule has 0 unspecified atom stereocenters. The highest BCUT2D eigenvalue weighted by Crippen LogP contribution is 2.31. The molecule has 1 aromatic carbocycles. The first-order valence-corrected chi connectivity index (χ1v) is 7.07. The fourth-order valence-electron chi connectivity index (χ4n) is 1.77. The summed E-state index contributed by atoms with van der Waals surface area (Å²) < 4.78 is 42.6. The van der Waals surface area contributed by atoms with Crippen molar-refractivity contribution < 1.29 is 32.6 Å². The minimum absolute atomic E-state index is 0.0311. The first kappa shape index (κ1) is 18.8. The molecule has 0 saturated heterocycles. The number of hydrogen-bond acceptors (Lipinski definition) is 3. The first-order chi connectivity index (χ1) is 10.8. The van der Waals surface area contributed by atoms with Gasteiger partial charge in [-0.15, -0.1) is 0 Å². The summed E-state index contributed by atoms with van der Waals surface area (Å²) in [7, 11) is 0. The Bertz CT molecular complexity index is 532. The van der Waals surface area contributed by atoms with Gasteiger partial charge in [0.15, 0.2) is 6.61 Å². The molecule has 0 aliphatic heterocycles. The van der Waals surface area contributed by atoms with Gasteiger partial charge in [0.05, 0.1) is 5.56 Å². The van der Waals surface area contributed by atoms with E-state index in [9.17, 15) is 22.8 Å². The van der Waals surface area contributed by atoms with Crippen LogP contribution in [0.1, 0.15) is 31.2 Å². The molecule has 0 heterocycles. The average Bonchev–Trinajstić information content (AvgIpc) is 2.48. The van der Waals surface area contributed by atoms with Crippen molar-refractivity contribution in [1.82, 2.24) is 5.32 Å². The quantitative estimate of drug-likeness (QED) is 0.682. The number of amides is 1. The molecule has 0 radical (unpaired) electrons. The summed E-state index contributed by atoms with van der Waals surface area (Å²) in [4.78, 5) is 21.8. The number of rotatable bonds is 9. The molecule has 8 heteroatoms. The number of ether oxygens (including phenoxy) is 1. The molecule has 0 fully saturated rings. The Balaban J connectivity index is 2.25. The minimum atomic E-state index is -4.46. The fraction of sp³-hybridized carbons (Fsp3) is 0.467. The Hall–Kier alpha value is -2.25. The van der Waals surface area contributed by atoms with Crippen LogP contribution in [-0.4, -0.2) is 30.1 Å². The van der Waals surface area contributed by atoms with Crippen molar-refractivity contribution in [3.63, 3.8) is 0 Å².